The van der Waals surface area contributed by atoms with Gasteiger partial charge in [-0.05, 0) is 31.0 Å². The molecule has 3 atom stereocenters. The highest BCUT2D eigenvalue weighted by molar-refractivity contribution is 5.97. The Bertz CT molecular complexity index is 498. The van der Waals surface area contributed by atoms with Crippen molar-refractivity contribution in [3.05, 3.63) is 35.9 Å². The number of hydrogen-bond acceptors (Lipinski definition) is 3. The summed E-state index contributed by atoms with van der Waals surface area (Å²) >= 11 is 0. The normalized spacial score (nSPS) is 20.2. The lowest BCUT2D eigenvalue weighted by molar-refractivity contribution is -0.124. The van der Waals surface area contributed by atoms with Crippen LogP contribution in [0.5, 0.6) is 0 Å². The van der Waals surface area contributed by atoms with Gasteiger partial charge in [0, 0.05) is 18.2 Å². The lowest BCUT2D eigenvalue weighted by Gasteiger charge is -2.25. The lowest BCUT2D eigenvalue weighted by Crippen LogP contribution is -2.52. The topological polar surface area (TPSA) is 70.2 Å². The van der Waals surface area contributed by atoms with Gasteiger partial charge in [-0.15, -0.1) is 0 Å². The van der Waals surface area contributed by atoms with E-state index in [-0.39, 0.29) is 23.8 Å². The number of rotatable bonds is 6. The fourth-order valence-electron chi connectivity index (χ4n) is 2.58. The Morgan fingerprint density at radius 3 is 2.64 bits per heavy atom. The Labute approximate surface area is 131 Å². The van der Waals surface area contributed by atoms with Crippen LogP contribution in [0.3, 0.4) is 0 Å². The zero-order valence-corrected chi connectivity index (χ0v) is 13.3. The van der Waals surface area contributed by atoms with Gasteiger partial charge in [-0.3, -0.25) is 9.59 Å². The number of amides is 2. The van der Waals surface area contributed by atoms with Crippen molar-refractivity contribution >= 4 is 11.8 Å². The molecule has 3 N–H and O–H groups in total. The Morgan fingerprint density at radius 2 is 2.05 bits per heavy atom. The van der Waals surface area contributed by atoms with Gasteiger partial charge in [0.2, 0.25) is 5.91 Å². The van der Waals surface area contributed by atoms with E-state index < -0.39 is 6.04 Å². The molecule has 2 rings (SSSR count). The van der Waals surface area contributed by atoms with Crippen LogP contribution in [0, 0.1) is 5.92 Å². The van der Waals surface area contributed by atoms with E-state index in [0.29, 0.717) is 5.56 Å². The standard InChI is InChI=1S/C17H25N3O2/c1-3-12(2)15(17(22)19-14-9-10-18-11-14)20-16(21)13-7-5-4-6-8-13/h4-8,12,14-15,18H,3,9-11H2,1-2H3,(H,19,22)(H,20,21). The molecule has 3 unspecified atom stereocenters. The maximum Gasteiger partial charge on any atom is 0.251 e. The molecule has 0 saturated carbocycles. The van der Waals surface area contributed by atoms with Crippen molar-refractivity contribution in [3.8, 4) is 0 Å². The van der Waals surface area contributed by atoms with E-state index in [1.807, 2.05) is 32.0 Å². The summed E-state index contributed by atoms with van der Waals surface area (Å²) < 4.78 is 0. The van der Waals surface area contributed by atoms with Crippen LogP contribution in [0.15, 0.2) is 30.3 Å². The Kier molecular flexibility index (Phi) is 5.95. The quantitative estimate of drug-likeness (QED) is 0.742. The summed E-state index contributed by atoms with van der Waals surface area (Å²) in [6.45, 7) is 5.74. The van der Waals surface area contributed by atoms with Gasteiger partial charge in [0.15, 0.2) is 0 Å². The van der Waals surface area contributed by atoms with Crippen LogP contribution in [-0.4, -0.2) is 37.0 Å². The summed E-state index contributed by atoms with van der Waals surface area (Å²) in [5, 5.41) is 9.15. The second-order valence-corrected chi connectivity index (χ2v) is 5.90. The molecule has 0 spiro atoms. The van der Waals surface area contributed by atoms with E-state index in [1.54, 1.807) is 12.1 Å². The van der Waals surface area contributed by atoms with Crippen molar-refractivity contribution in [2.45, 2.75) is 38.8 Å². The number of hydrogen-bond donors (Lipinski definition) is 3. The number of nitrogens with one attached hydrogen (secondary N) is 3. The van der Waals surface area contributed by atoms with Crippen LogP contribution >= 0.6 is 0 Å². The molecule has 1 aliphatic rings. The number of carbonyl (C=O) groups excluding carboxylic acids is 2. The summed E-state index contributed by atoms with van der Waals surface area (Å²) in [5.41, 5.74) is 0.575. The second-order valence-electron chi connectivity index (χ2n) is 5.90. The number of benzene rings is 1. The van der Waals surface area contributed by atoms with Crippen molar-refractivity contribution in [1.29, 1.82) is 0 Å². The van der Waals surface area contributed by atoms with Crippen molar-refractivity contribution in [1.82, 2.24) is 16.0 Å². The monoisotopic (exact) mass is 303 g/mol. The third-order valence-electron chi connectivity index (χ3n) is 4.22. The fraction of sp³-hybridized carbons (Fsp3) is 0.529. The Morgan fingerprint density at radius 1 is 1.32 bits per heavy atom. The van der Waals surface area contributed by atoms with Gasteiger partial charge >= 0.3 is 0 Å². The molecule has 5 nitrogen and oxygen atoms in total. The molecule has 1 aliphatic heterocycles. The van der Waals surface area contributed by atoms with Crippen molar-refractivity contribution in [3.63, 3.8) is 0 Å². The van der Waals surface area contributed by atoms with Gasteiger partial charge in [0.05, 0.1) is 0 Å². The van der Waals surface area contributed by atoms with Crippen LogP contribution in [0.1, 0.15) is 37.0 Å². The fourth-order valence-corrected chi connectivity index (χ4v) is 2.58. The molecule has 1 aromatic carbocycles. The van der Waals surface area contributed by atoms with E-state index in [4.69, 9.17) is 0 Å². The van der Waals surface area contributed by atoms with E-state index >= 15 is 0 Å². The molecule has 2 amide bonds. The maximum atomic E-state index is 12.5. The molecule has 1 fully saturated rings. The van der Waals surface area contributed by atoms with Gasteiger partial charge in [0.1, 0.15) is 6.04 Å². The average molecular weight is 303 g/mol. The van der Waals surface area contributed by atoms with Crippen LogP contribution < -0.4 is 16.0 Å². The molecule has 1 heterocycles. The first kappa shape index (κ1) is 16.5. The molecular formula is C17H25N3O2. The Hall–Kier alpha value is -1.88. The zero-order chi connectivity index (χ0) is 15.9. The predicted molar refractivity (Wildman–Crippen MR) is 86.6 cm³/mol. The molecule has 1 aromatic rings. The van der Waals surface area contributed by atoms with Crippen LogP contribution in [0.4, 0.5) is 0 Å². The van der Waals surface area contributed by atoms with Crippen LogP contribution in [-0.2, 0) is 4.79 Å². The average Bonchev–Trinajstić information content (AvgIpc) is 3.05. The third kappa shape index (κ3) is 4.31. The minimum Gasteiger partial charge on any atom is -0.350 e. The van der Waals surface area contributed by atoms with Crippen molar-refractivity contribution < 1.29 is 9.59 Å². The van der Waals surface area contributed by atoms with E-state index in [1.165, 1.54) is 0 Å². The third-order valence-corrected chi connectivity index (χ3v) is 4.22. The molecule has 1 saturated heterocycles. The zero-order valence-electron chi connectivity index (χ0n) is 13.3. The lowest BCUT2D eigenvalue weighted by atomic mass is 9.97. The summed E-state index contributed by atoms with van der Waals surface area (Å²) in [6, 6.07) is 8.66. The summed E-state index contributed by atoms with van der Waals surface area (Å²) in [4.78, 5) is 24.8. The molecule has 0 aromatic heterocycles. The van der Waals surface area contributed by atoms with Gasteiger partial charge in [0.25, 0.3) is 5.91 Å². The molecule has 120 valence electrons. The van der Waals surface area contributed by atoms with E-state index in [2.05, 4.69) is 16.0 Å². The molecule has 0 bridgehead atoms. The minimum absolute atomic E-state index is 0.0852. The van der Waals surface area contributed by atoms with Crippen molar-refractivity contribution in [2.24, 2.45) is 5.92 Å². The van der Waals surface area contributed by atoms with Gasteiger partial charge in [-0.1, -0.05) is 38.5 Å². The van der Waals surface area contributed by atoms with Gasteiger partial charge < -0.3 is 16.0 Å². The van der Waals surface area contributed by atoms with Crippen LogP contribution in [0.2, 0.25) is 0 Å². The molecule has 0 aliphatic carbocycles. The minimum atomic E-state index is -0.502. The van der Waals surface area contributed by atoms with E-state index in [0.717, 1.165) is 25.9 Å². The first-order chi connectivity index (χ1) is 10.6. The summed E-state index contributed by atoms with van der Waals surface area (Å²) in [5.74, 6) is -0.208. The highest BCUT2D eigenvalue weighted by atomic mass is 16.2. The van der Waals surface area contributed by atoms with Crippen LogP contribution in [0.25, 0.3) is 0 Å². The first-order valence-electron chi connectivity index (χ1n) is 7.98. The van der Waals surface area contributed by atoms with Gasteiger partial charge in [-0.2, -0.15) is 0 Å². The van der Waals surface area contributed by atoms with E-state index in [9.17, 15) is 9.59 Å². The SMILES string of the molecule is CCC(C)C(NC(=O)c1ccccc1)C(=O)NC1CCNC1. The summed E-state index contributed by atoms with van der Waals surface area (Å²) in [7, 11) is 0. The predicted octanol–water partition coefficient (Wildman–Crippen LogP) is 1.31. The van der Waals surface area contributed by atoms with Gasteiger partial charge in [-0.25, -0.2) is 0 Å². The highest BCUT2D eigenvalue weighted by Crippen LogP contribution is 2.11. The summed E-state index contributed by atoms with van der Waals surface area (Å²) in [6.07, 6.45) is 1.77. The highest BCUT2D eigenvalue weighted by Gasteiger charge is 2.28. The molecule has 5 heteroatoms. The maximum absolute atomic E-state index is 12.5. The first-order valence-corrected chi connectivity index (χ1v) is 7.98. The smallest absolute Gasteiger partial charge is 0.251 e. The number of carbonyl (C=O) groups is 2. The molecular weight excluding hydrogens is 278 g/mol. The molecule has 22 heavy (non-hydrogen) atoms. The Balaban J connectivity index is 2.02. The second kappa shape index (κ2) is 7.94. The van der Waals surface area contributed by atoms with Crippen molar-refractivity contribution in [2.75, 3.05) is 13.1 Å². The largest absolute Gasteiger partial charge is 0.350 e. The molecule has 0 radical (unpaired) electrons.